The maximum Gasteiger partial charge on any atom is 0.331 e. The molecule has 1 atom stereocenters. The summed E-state index contributed by atoms with van der Waals surface area (Å²) in [7, 11) is 1.79. The van der Waals surface area contributed by atoms with Gasteiger partial charge in [0, 0.05) is 24.3 Å². The average Bonchev–Trinajstić information content (AvgIpc) is 3.47. The predicted molar refractivity (Wildman–Crippen MR) is 152 cm³/mol. The molecule has 2 heterocycles. The Hall–Kier alpha value is -2.55. The molecule has 1 aliphatic heterocycles. The van der Waals surface area contributed by atoms with Crippen molar-refractivity contribution in [1.29, 1.82) is 0 Å². The summed E-state index contributed by atoms with van der Waals surface area (Å²) in [6, 6.07) is 18.1. The number of hydrogen-bond acceptors (Lipinski definition) is 5. The lowest BCUT2D eigenvalue weighted by molar-refractivity contribution is -0.897. The van der Waals surface area contributed by atoms with Crippen LogP contribution in [-0.4, -0.2) is 54.4 Å². The molecule has 0 amide bonds. The number of nitrogens with one attached hydrogen (secondary N) is 1. The fraction of sp³-hybridized carbons (Fsp3) is 0.393. The molecule has 1 saturated heterocycles. The summed E-state index contributed by atoms with van der Waals surface area (Å²) < 4.78 is 0. The van der Waals surface area contributed by atoms with Crippen LogP contribution in [0.4, 0.5) is 5.69 Å². The molecule has 2 aromatic carbocycles. The number of hydrogen-bond donors (Lipinski definition) is 2. The van der Waals surface area contributed by atoms with Crippen LogP contribution in [0.3, 0.4) is 0 Å². The van der Waals surface area contributed by atoms with E-state index in [2.05, 4.69) is 27.8 Å². The molecule has 1 fully saturated rings. The summed E-state index contributed by atoms with van der Waals surface area (Å²) in [5, 5.41) is 12.0. The van der Waals surface area contributed by atoms with Crippen LogP contribution in [0.2, 0.25) is 0 Å². The van der Waals surface area contributed by atoms with Crippen LogP contribution >= 0.6 is 27.3 Å². The van der Waals surface area contributed by atoms with Crippen LogP contribution in [-0.2, 0) is 4.79 Å². The van der Waals surface area contributed by atoms with Crippen molar-refractivity contribution in [3.05, 3.63) is 82.8 Å². The van der Waals surface area contributed by atoms with Crippen LogP contribution in [0.25, 0.3) is 0 Å². The number of rotatable bonds is 8. The molecule has 8 heteroatoms. The van der Waals surface area contributed by atoms with Gasteiger partial charge in [0.1, 0.15) is 6.54 Å². The van der Waals surface area contributed by atoms with Crippen molar-refractivity contribution in [2.45, 2.75) is 32.2 Å². The van der Waals surface area contributed by atoms with Gasteiger partial charge in [-0.3, -0.25) is 4.79 Å². The van der Waals surface area contributed by atoms with Crippen molar-refractivity contribution >= 4 is 44.7 Å². The number of nitrogens with zero attached hydrogens (tertiary/aromatic N) is 2. The first-order valence-corrected chi connectivity index (χ1v) is 14.7. The first-order chi connectivity index (χ1) is 17.5. The molecule has 0 radical (unpaired) electrons. The zero-order valence-electron chi connectivity index (χ0n) is 21.3. The first-order valence-electron chi connectivity index (χ1n) is 12.2. The van der Waals surface area contributed by atoms with Gasteiger partial charge in [-0.1, -0.05) is 77.8 Å². The van der Waals surface area contributed by atoms with Crippen LogP contribution in [0, 0.1) is 5.92 Å². The third kappa shape index (κ3) is 9.15. The Morgan fingerprint density at radius 1 is 1.08 bits per heavy atom. The van der Waals surface area contributed by atoms with Gasteiger partial charge in [0.25, 0.3) is 0 Å². The van der Waals surface area contributed by atoms with Gasteiger partial charge in [-0.15, -0.1) is 11.3 Å². The molecule has 1 unspecified atom stereocenters. The number of anilines is 1. The molecule has 3 aromatic rings. The van der Waals surface area contributed by atoms with Crippen LogP contribution in [0.15, 0.2) is 72.2 Å². The molecule has 0 bridgehead atoms. The van der Waals surface area contributed by atoms with Crippen molar-refractivity contribution in [2.24, 2.45) is 5.92 Å². The third-order valence-corrected chi connectivity index (χ3v) is 7.19. The normalized spacial score (nSPS) is 17.4. The zero-order valence-corrected chi connectivity index (χ0v) is 23.7. The van der Waals surface area contributed by atoms with E-state index in [-0.39, 0.29) is 5.78 Å². The highest BCUT2D eigenvalue weighted by molar-refractivity contribution is 9.08. The van der Waals surface area contributed by atoms with E-state index in [1.165, 1.54) is 35.5 Å². The molecule has 1 aromatic heterocycles. The Kier molecular flexibility index (Phi) is 13.4. The lowest BCUT2D eigenvalue weighted by atomic mass is 9.94. The van der Waals surface area contributed by atoms with Gasteiger partial charge in [0.2, 0.25) is 5.78 Å². The largest absolute Gasteiger partial charge is 0.479 e. The van der Waals surface area contributed by atoms with Gasteiger partial charge >= 0.3 is 5.97 Å². The smallest absolute Gasteiger partial charge is 0.331 e. The van der Waals surface area contributed by atoms with Crippen LogP contribution in [0.5, 0.6) is 0 Å². The fourth-order valence-electron chi connectivity index (χ4n) is 4.31. The number of carbonyl (C=O) groups is 2. The Morgan fingerprint density at radius 2 is 1.67 bits per heavy atom. The minimum absolute atomic E-state index is 0.208. The zero-order chi connectivity index (χ0) is 26.3. The van der Waals surface area contributed by atoms with E-state index in [9.17, 15) is 14.7 Å². The SMILES string of the molecule is CBr.CCC1CC[NH+](CC(=O)c2nccs2)CC1.CN(c1ccccc1)C(C(=O)O)c1ccccc1. The number of likely N-dealkylation sites (tertiary alicyclic amines) is 1. The van der Waals surface area contributed by atoms with E-state index in [0.717, 1.165) is 30.3 Å². The fourth-order valence-corrected chi connectivity index (χ4v) is 4.89. The lowest BCUT2D eigenvalue weighted by Gasteiger charge is -2.27. The second-order valence-corrected chi connectivity index (χ2v) is 9.53. The van der Waals surface area contributed by atoms with Crippen molar-refractivity contribution in [1.82, 2.24) is 4.98 Å². The maximum atomic E-state index is 11.9. The van der Waals surface area contributed by atoms with E-state index < -0.39 is 12.0 Å². The summed E-state index contributed by atoms with van der Waals surface area (Å²) in [5.41, 5.74) is 1.66. The highest BCUT2D eigenvalue weighted by atomic mass is 79.9. The minimum Gasteiger partial charge on any atom is -0.479 e. The van der Waals surface area contributed by atoms with E-state index in [1.807, 2.05) is 71.9 Å². The quantitative estimate of drug-likeness (QED) is 0.293. The number of benzene rings is 2. The Balaban J connectivity index is 0.000000239. The number of carboxylic acids is 1. The topological polar surface area (TPSA) is 74.9 Å². The molecule has 36 heavy (non-hydrogen) atoms. The van der Waals surface area contributed by atoms with Gasteiger partial charge < -0.3 is 14.9 Å². The summed E-state index contributed by atoms with van der Waals surface area (Å²) >= 11 is 4.39. The number of ketones is 1. The molecule has 6 nitrogen and oxygen atoms in total. The van der Waals surface area contributed by atoms with Crippen LogP contribution in [0.1, 0.15) is 47.6 Å². The van der Waals surface area contributed by atoms with Gasteiger partial charge in [0.15, 0.2) is 11.0 Å². The Bertz CT molecular complexity index is 1010. The molecular weight excluding hydrogens is 538 g/mol. The molecule has 0 aliphatic carbocycles. The predicted octanol–water partition coefficient (Wildman–Crippen LogP) is 4.99. The van der Waals surface area contributed by atoms with Gasteiger partial charge in [-0.2, -0.15) is 0 Å². The summed E-state index contributed by atoms with van der Waals surface area (Å²) in [6.45, 7) is 5.19. The monoisotopic (exact) mass is 574 g/mol. The number of carbonyl (C=O) groups excluding carboxylic acids is 1. The maximum absolute atomic E-state index is 11.9. The second-order valence-electron chi connectivity index (χ2n) is 8.64. The van der Waals surface area contributed by atoms with Crippen molar-refractivity contribution in [2.75, 3.05) is 37.4 Å². The van der Waals surface area contributed by atoms with E-state index in [0.29, 0.717) is 11.6 Å². The Labute approximate surface area is 227 Å². The number of thiazole rings is 1. The molecule has 194 valence electrons. The number of carboxylic acid groups (broad SMARTS) is 1. The highest BCUT2D eigenvalue weighted by Crippen LogP contribution is 2.25. The number of likely N-dealkylation sites (N-methyl/N-ethyl adjacent to an activating group) is 1. The summed E-state index contributed by atoms with van der Waals surface area (Å²) in [4.78, 5) is 30.6. The number of alkyl halides is 1. The number of aromatic nitrogens is 1. The minimum atomic E-state index is -0.854. The highest BCUT2D eigenvalue weighted by Gasteiger charge is 2.25. The molecule has 2 N–H and O–H groups in total. The first kappa shape index (κ1) is 29.7. The number of quaternary nitrogens is 1. The van der Waals surface area contributed by atoms with E-state index >= 15 is 0 Å². The summed E-state index contributed by atoms with van der Waals surface area (Å²) in [5.74, 6) is 2.05. The van der Waals surface area contributed by atoms with Crippen molar-refractivity contribution in [3.8, 4) is 0 Å². The van der Waals surface area contributed by atoms with Crippen molar-refractivity contribution < 1.29 is 19.6 Å². The second kappa shape index (κ2) is 16.2. The number of halogens is 1. The average molecular weight is 576 g/mol. The van der Waals surface area contributed by atoms with Crippen molar-refractivity contribution in [3.63, 3.8) is 0 Å². The Morgan fingerprint density at radius 3 is 2.17 bits per heavy atom. The molecule has 4 rings (SSSR count). The number of piperidine rings is 1. The number of para-hydroxylation sites is 1. The standard InChI is InChI=1S/C15H15NO2.C12H18N2OS.CH3Br/c1-16(13-10-6-3-7-11-13)14(15(17)18)12-8-4-2-5-9-12;1-2-10-3-6-14(7-4-10)9-11(15)12-13-5-8-16-12;1-2/h2-11,14H,1H3,(H,17,18);5,8,10H,2-4,6-7,9H2,1H3;1H3/p+1. The number of Topliss-reactive ketones (excluding diaryl/α,β-unsaturated/α-hetero) is 1. The lowest BCUT2D eigenvalue weighted by Crippen LogP contribution is -3.13. The molecule has 1 aliphatic rings. The van der Waals surface area contributed by atoms with Crippen LogP contribution < -0.4 is 9.80 Å². The van der Waals surface area contributed by atoms with Gasteiger partial charge in [-0.25, -0.2) is 9.78 Å². The van der Waals surface area contributed by atoms with E-state index in [4.69, 9.17) is 0 Å². The van der Waals surface area contributed by atoms with E-state index in [1.54, 1.807) is 18.1 Å². The van der Waals surface area contributed by atoms with Gasteiger partial charge in [-0.05, 0) is 42.3 Å². The molecular formula is C28H37BrN3O3S+. The third-order valence-electron chi connectivity index (χ3n) is 6.37. The number of aliphatic carboxylic acids is 1. The molecule has 0 saturated carbocycles. The van der Waals surface area contributed by atoms with Gasteiger partial charge in [0.05, 0.1) is 13.1 Å². The molecule has 0 spiro atoms. The summed E-state index contributed by atoms with van der Waals surface area (Å²) in [6.07, 6.45) is 5.54.